The highest BCUT2D eigenvalue weighted by atomic mass is 16.5. The average Bonchev–Trinajstić information content (AvgIpc) is 2.23. The molecule has 0 saturated heterocycles. The van der Waals surface area contributed by atoms with Crippen molar-refractivity contribution in [3.05, 3.63) is 29.3 Å². The molecule has 1 aliphatic rings. The predicted molar refractivity (Wildman–Crippen MR) is 54.8 cm³/mol. The standard InChI is InChI=1S/C12H14O2/c1-8-3-4-9-7-10(14-2)5-6-11(9)12(8)13/h5-8H,3-4H2,1-2H3/t8-/m0/s1. The van der Waals surface area contributed by atoms with Gasteiger partial charge in [0.2, 0.25) is 0 Å². The van der Waals surface area contributed by atoms with Crippen molar-refractivity contribution < 1.29 is 9.53 Å². The zero-order valence-corrected chi connectivity index (χ0v) is 8.54. The van der Waals surface area contributed by atoms with E-state index in [4.69, 9.17) is 4.74 Å². The third kappa shape index (κ3) is 1.41. The molecule has 0 radical (unpaired) electrons. The molecule has 0 aliphatic heterocycles. The van der Waals surface area contributed by atoms with Crippen LogP contribution >= 0.6 is 0 Å². The summed E-state index contributed by atoms with van der Waals surface area (Å²) >= 11 is 0. The summed E-state index contributed by atoms with van der Waals surface area (Å²) in [5.41, 5.74) is 2.01. The molecule has 0 N–H and O–H groups in total. The van der Waals surface area contributed by atoms with Crippen LogP contribution in [0.25, 0.3) is 0 Å². The quantitative estimate of drug-likeness (QED) is 0.680. The maximum absolute atomic E-state index is 11.8. The summed E-state index contributed by atoms with van der Waals surface area (Å²) in [4.78, 5) is 11.8. The van der Waals surface area contributed by atoms with Gasteiger partial charge < -0.3 is 4.74 Å². The van der Waals surface area contributed by atoms with Crippen LogP contribution in [-0.4, -0.2) is 12.9 Å². The SMILES string of the molecule is COc1ccc2c(c1)CC[C@H](C)C2=O. The van der Waals surface area contributed by atoms with Crippen LogP contribution in [0.5, 0.6) is 5.75 Å². The van der Waals surface area contributed by atoms with Gasteiger partial charge >= 0.3 is 0 Å². The number of Topliss-reactive ketones (excluding diaryl/α,β-unsaturated/α-hetero) is 1. The summed E-state index contributed by atoms with van der Waals surface area (Å²) in [5.74, 6) is 1.29. The summed E-state index contributed by atoms with van der Waals surface area (Å²) in [5, 5.41) is 0. The Labute approximate surface area is 83.9 Å². The molecule has 2 heteroatoms. The fourth-order valence-corrected chi connectivity index (χ4v) is 1.91. The van der Waals surface area contributed by atoms with Gasteiger partial charge in [0, 0.05) is 11.5 Å². The number of benzene rings is 1. The molecule has 0 bridgehead atoms. The predicted octanol–water partition coefficient (Wildman–Crippen LogP) is 2.46. The summed E-state index contributed by atoms with van der Waals surface area (Å²) in [6.07, 6.45) is 1.94. The van der Waals surface area contributed by atoms with E-state index in [2.05, 4.69) is 0 Å². The molecular weight excluding hydrogens is 176 g/mol. The van der Waals surface area contributed by atoms with Crippen LogP contribution in [0.3, 0.4) is 0 Å². The van der Waals surface area contributed by atoms with Crippen LogP contribution in [0.4, 0.5) is 0 Å². The van der Waals surface area contributed by atoms with Gasteiger partial charge in [-0.05, 0) is 36.6 Å². The maximum atomic E-state index is 11.8. The molecule has 0 amide bonds. The number of fused-ring (bicyclic) bond motifs is 1. The van der Waals surface area contributed by atoms with Crippen LogP contribution in [0.2, 0.25) is 0 Å². The Bertz CT molecular complexity index is 369. The normalized spacial score (nSPS) is 20.4. The van der Waals surface area contributed by atoms with Crippen molar-refractivity contribution in [3.63, 3.8) is 0 Å². The van der Waals surface area contributed by atoms with E-state index in [1.54, 1.807) is 7.11 Å². The molecular formula is C12H14O2. The van der Waals surface area contributed by atoms with Gasteiger partial charge in [-0.1, -0.05) is 6.92 Å². The molecule has 1 aromatic carbocycles. The van der Waals surface area contributed by atoms with Crippen molar-refractivity contribution in [1.29, 1.82) is 0 Å². The number of ketones is 1. The fourth-order valence-electron chi connectivity index (χ4n) is 1.91. The Balaban J connectivity index is 2.44. The van der Waals surface area contributed by atoms with Gasteiger partial charge in [-0.15, -0.1) is 0 Å². The van der Waals surface area contributed by atoms with Crippen LogP contribution in [0.1, 0.15) is 29.3 Å². The van der Waals surface area contributed by atoms with Gasteiger partial charge in [0.1, 0.15) is 5.75 Å². The molecule has 0 fully saturated rings. The summed E-state index contributed by atoms with van der Waals surface area (Å²) in [6, 6.07) is 5.71. The minimum absolute atomic E-state index is 0.177. The Hall–Kier alpha value is -1.31. The van der Waals surface area contributed by atoms with Gasteiger partial charge in [0.05, 0.1) is 7.11 Å². The van der Waals surface area contributed by atoms with E-state index in [1.165, 1.54) is 0 Å². The van der Waals surface area contributed by atoms with E-state index in [0.717, 1.165) is 29.7 Å². The third-order valence-corrected chi connectivity index (χ3v) is 2.87. The highest BCUT2D eigenvalue weighted by Gasteiger charge is 2.23. The van der Waals surface area contributed by atoms with E-state index in [0.29, 0.717) is 0 Å². The molecule has 1 aromatic rings. The molecule has 14 heavy (non-hydrogen) atoms. The highest BCUT2D eigenvalue weighted by molar-refractivity contribution is 6.00. The molecule has 0 saturated carbocycles. The smallest absolute Gasteiger partial charge is 0.165 e. The summed E-state index contributed by atoms with van der Waals surface area (Å²) in [7, 11) is 1.65. The van der Waals surface area contributed by atoms with E-state index >= 15 is 0 Å². The topological polar surface area (TPSA) is 26.3 Å². The van der Waals surface area contributed by atoms with Gasteiger partial charge in [0.25, 0.3) is 0 Å². The van der Waals surface area contributed by atoms with Crippen molar-refractivity contribution in [1.82, 2.24) is 0 Å². The summed E-state index contributed by atoms with van der Waals surface area (Å²) in [6.45, 7) is 2.00. The lowest BCUT2D eigenvalue weighted by atomic mass is 9.84. The first-order valence-corrected chi connectivity index (χ1v) is 4.93. The molecule has 1 atom stereocenters. The second-order valence-electron chi connectivity index (χ2n) is 3.83. The first kappa shape index (κ1) is 9.25. The molecule has 0 heterocycles. The zero-order valence-electron chi connectivity index (χ0n) is 8.54. The van der Waals surface area contributed by atoms with E-state index < -0.39 is 0 Å². The van der Waals surface area contributed by atoms with Gasteiger partial charge in [-0.2, -0.15) is 0 Å². The third-order valence-electron chi connectivity index (χ3n) is 2.87. The van der Waals surface area contributed by atoms with Gasteiger partial charge in [-0.3, -0.25) is 4.79 Å². The monoisotopic (exact) mass is 190 g/mol. The van der Waals surface area contributed by atoms with Crippen LogP contribution < -0.4 is 4.74 Å². The van der Waals surface area contributed by atoms with Crippen molar-refractivity contribution in [2.45, 2.75) is 19.8 Å². The Morgan fingerprint density at radius 3 is 2.93 bits per heavy atom. The lowest BCUT2D eigenvalue weighted by molar-refractivity contribution is 0.0913. The second-order valence-corrected chi connectivity index (χ2v) is 3.83. The number of methoxy groups -OCH3 is 1. The molecule has 2 nitrogen and oxygen atoms in total. The second kappa shape index (κ2) is 3.45. The number of carbonyl (C=O) groups is 1. The largest absolute Gasteiger partial charge is 0.497 e. The Kier molecular flexibility index (Phi) is 2.28. The lowest BCUT2D eigenvalue weighted by Gasteiger charge is -2.20. The maximum Gasteiger partial charge on any atom is 0.165 e. The Morgan fingerprint density at radius 1 is 1.43 bits per heavy atom. The van der Waals surface area contributed by atoms with E-state index in [1.807, 2.05) is 25.1 Å². The molecule has 0 unspecified atom stereocenters. The first-order chi connectivity index (χ1) is 6.72. The van der Waals surface area contributed by atoms with Crippen molar-refractivity contribution in [2.24, 2.45) is 5.92 Å². The molecule has 2 rings (SSSR count). The average molecular weight is 190 g/mol. The minimum Gasteiger partial charge on any atom is -0.497 e. The molecule has 1 aliphatic carbocycles. The number of ether oxygens (including phenoxy) is 1. The lowest BCUT2D eigenvalue weighted by Crippen LogP contribution is -2.19. The van der Waals surface area contributed by atoms with Crippen molar-refractivity contribution >= 4 is 5.78 Å². The van der Waals surface area contributed by atoms with E-state index in [-0.39, 0.29) is 11.7 Å². The zero-order chi connectivity index (χ0) is 10.1. The summed E-state index contributed by atoms with van der Waals surface area (Å²) < 4.78 is 5.13. The van der Waals surface area contributed by atoms with Crippen LogP contribution in [0, 0.1) is 5.92 Å². The van der Waals surface area contributed by atoms with Gasteiger partial charge in [0.15, 0.2) is 5.78 Å². The van der Waals surface area contributed by atoms with Crippen LogP contribution in [-0.2, 0) is 6.42 Å². The fraction of sp³-hybridized carbons (Fsp3) is 0.417. The highest BCUT2D eigenvalue weighted by Crippen LogP contribution is 2.28. The van der Waals surface area contributed by atoms with Crippen molar-refractivity contribution in [2.75, 3.05) is 7.11 Å². The minimum atomic E-state index is 0.177. The number of hydrogen-bond acceptors (Lipinski definition) is 2. The number of hydrogen-bond donors (Lipinski definition) is 0. The van der Waals surface area contributed by atoms with E-state index in [9.17, 15) is 4.79 Å². The molecule has 0 spiro atoms. The molecule has 0 aromatic heterocycles. The molecule has 74 valence electrons. The first-order valence-electron chi connectivity index (χ1n) is 4.93. The van der Waals surface area contributed by atoms with Crippen molar-refractivity contribution in [3.8, 4) is 5.75 Å². The Morgan fingerprint density at radius 2 is 2.21 bits per heavy atom. The number of carbonyl (C=O) groups excluding carboxylic acids is 1. The van der Waals surface area contributed by atoms with Gasteiger partial charge in [-0.25, -0.2) is 0 Å². The number of rotatable bonds is 1. The number of aryl methyl sites for hydroxylation is 1. The van der Waals surface area contributed by atoms with Crippen LogP contribution in [0.15, 0.2) is 18.2 Å².